The fourth-order valence-electron chi connectivity index (χ4n) is 3.15. The Hall–Kier alpha value is -3.22. The number of aryl methyl sites for hydroxylation is 1. The SMILES string of the molecule is Cc1cc(C(=O)OCC(=O)Nc2ccc(C(C)(C)C)cc2)c2cnn(C(C)C)c2n1. The molecular formula is C23H28N4O3. The highest BCUT2D eigenvalue weighted by Crippen LogP contribution is 2.24. The normalized spacial score (nSPS) is 11.7. The van der Waals surface area contributed by atoms with E-state index < -0.39 is 11.9 Å². The highest BCUT2D eigenvalue weighted by Gasteiger charge is 2.19. The molecular weight excluding hydrogens is 380 g/mol. The fourth-order valence-corrected chi connectivity index (χ4v) is 3.15. The summed E-state index contributed by atoms with van der Waals surface area (Å²) in [5, 5.41) is 7.68. The van der Waals surface area contributed by atoms with Gasteiger partial charge in [0, 0.05) is 17.4 Å². The van der Waals surface area contributed by atoms with Crippen molar-refractivity contribution in [3.05, 3.63) is 53.3 Å². The Morgan fingerprint density at radius 1 is 1.17 bits per heavy atom. The van der Waals surface area contributed by atoms with Crippen molar-refractivity contribution in [2.45, 2.75) is 53.0 Å². The van der Waals surface area contributed by atoms with Gasteiger partial charge in [0.25, 0.3) is 5.91 Å². The van der Waals surface area contributed by atoms with Crippen LogP contribution in [0.4, 0.5) is 5.69 Å². The van der Waals surface area contributed by atoms with Crippen molar-refractivity contribution in [3.63, 3.8) is 0 Å². The molecule has 7 heteroatoms. The zero-order chi connectivity index (χ0) is 22.1. The minimum atomic E-state index is -0.577. The zero-order valence-corrected chi connectivity index (χ0v) is 18.3. The number of anilines is 1. The van der Waals surface area contributed by atoms with Gasteiger partial charge in [-0.15, -0.1) is 0 Å². The Balaban J connectivity index is 1.68. The third kappa shape index (κ3) is 4.67. The number of fused-ring (bicyclic) bond motifs is 1. The quantitative estimate of drug-likeness (QED) is 0.632. The van der Waals surface area contributed by atoms with Crippen LogP contribution in [0.25, 0.3) is 11.0 Å². The lowest BCUT2D eigenvalue weighted by Gasteiger charge is -2.19. The van der Waals surface area contributed by atoms with Gasteiger partial charge in [-0.3, -0.25) is 4.79 Å². The molecule has 0 bridgehead atoms. The number of amides is 1. The number of rotatable bonds is 5. The molecule has 0 atom stereocenters. The predicted molar refractivity (Wildman–Crippen MR) is 117 cm³/mol. The van der Waals surface area contributed by atoms with E-state index in [1.165, 1.54) is 5.56 Å². The van der Waals surface area contributed by atoms with E-state index in [0.717, 1.165) is 0 Å². The smallest absolute Gasteiger partial charge is 0.339 e. The van der Waals surface area contributed by atoms with Crippen LogP contribution < -0.4 is 5.32 Å². The molecule has 0 aliphatic heterocycles. The molecule has 7 nitrogen and oxygen atoms in total. The molecule has 0 unspecified atom stereocenters. The second-order valence-electron chi connectivity index (χ2n) is 8.68. The van der Waals surface area contributed by atoms with Gasteiger partial charge < -0.3 is 10.1 Å². The third-order valence-corrected chi connectivity index (χ3v) is 4.77. The van der Waals surface area contributed by atoms with Crippen molar-refractivity contribution in [1.29, 1.82) is 0 Å². The first kappa shape index (κ1) is 21.5. The van der Waals surface area contributed by atoms with Crippen molar-refractivity contribution in [2.24, 2.45) is 0 Å². The van der Waals surface area contributed by atoms with Crippen LogP contribution in [0.2, 0.25) is 0 Å². The van der Waals surface area contributed by atoms with E-state index >= 15 is 0 Å². The topological polar surface area (TPSA) is 86.1 Å². The van der Waals surface area contributed by atoms with Crippen LogP contribution in [0, 0.1) is 6.92 Å². The minimum Gasteiger partial charge on any atom is -0.452 e. The molecule has 1 amide bonds. The summed E-state index contributed by atoms with van der Waals surface area (Å²) in [5.41, 5.74) is 3.53. The Morgan fingerprint density at radius 3 is 2.43 bits per heavy atom. The van der Waals surface area contributed by atoms with Crippen molar-refractivity contribution in [2.75, 3.05) is 11.9 Å². The standard InChI is InChI=1S/C23H28N4O3/c1-14(2)27-21-19(12-24-27)18(11-15(3)25-21)22(29)30-13-20(28)26-17-9-7-16(8-10-17)23(4,5)6/h7-12,14H,13H2,1-6H3,(H,26,28). The van der Waals surface area contributed by atoms with E-state index in [1.54, 1.807) is 16.9 Å². The molecule has 3 aromatic rings. The van der Waals surface area contributed by atoms with Gasteiger partial charge in [0.15, 0.2) is 12.3 Å². The van der Waals surface area contributed by atoms with E-state index in [2.05, 4.69) is 36.2 Å². The number of aromatic nitrogens is 3. The molecule has 30 heavy (non-hydrogen) atoms. The molecule has 0 aliphatic rings. The maximum Gasteiger partial charge on any atom is 0.339 e. The maximum absolute atomic E-state index is 12.6. The molecule has 0 saturated heterocycles. The van der Waals surface area contributed by atoms with Gasteiger partial charge in [0.2, 0.25) is 0 Å². The summed E-state index contributed by atoms with van der Waals surface area (Å²) in [5.74, 6) is -0.973. The van der Waals surface area contributed by atoms with Crippen molar-refractivity contribution >= 4 is 28.6 Å². The van der Waals surface area contributed by atoms with Crippen LogP contribution in [0.5, 0.6) is 0 Å². The first-order valence-corrected chi connectivity index (χ1v) is 9.98. The molecule has 0 spiro atoms. The molecule has 0 aliphatic carbocycles. The van der Waals surface area contributed by atoms with E-state index in [0.29, 0.717) is 28.0 Å². The largest absolute Gasteiger partial charge is 0.452 e. The van der Waals surface area contributed by atoms with Crippen molar-refractivity contribution in [1.82, 2.24) is 14.8 Å². The first-order chi connectivity index (χ1) is 14.1. The highest BCUT2D eigenvalue weighted by atomic mass is 16.5. The summed E-state index contributed by atoms with van der Waals surface area (Å²) < 4.78 is 7.01. The number of nitrogens with zero attached hydrogens (tertiary/aromatic N) is 3. The summed E-state index contributed by atoms with van der Waals surface area (Å²) in [6, 6.07) is 9.40. The third-order valence-electron chi connectivity index (χ3n) is 4.77. The van der Waals surface area contributed by atoms with Gasteiger partial charge in [-0.2, -0.15) is 5.10 Å². The predicted octanol–water partition coefficient (Wildman–Crippen LogP) is 4.41. The fraction of sp³-hybridized carbons (Fsp3) is 0.391. The zero-order valence-electron chi connectivity index (χ0n) is 18.3. The molecule has 2 heterocycles. The van der Waals surface area contributed by atoms with Gasteiger partial charge in [-0.25, -0.2) is 14.5 Å². The number of hydrogen-bond acceptors (Lipinski definition) is 5. The number of carbonyl (C=O) groups excluding carboxylic acids is 2. The average molecular weight is 409 g/mol. The van der Waals surface area contributed by atoms with Gasteiger partial charge in [0.1, 0.15) is 0 Å². The lowest BCUT2D eigenvalue weighted by molar-refractivity contribution is -0.119. The molecule has 3 rings (SSSR count). The Labute approximate surface area is 176 Å². The van der Waals surface area contributed by atoms with Crippen molar-refractivity contribution in [3.8, 4) is 0 Å². The first-order valence-electron chi connectivity index (χ1n) is 9.98. The number of benzene rings is 1. The highest BCUT2D eigenvalue weighted by molar-refractivity contribution is 6.03. The van der Waals surface area contributed by atoms with Crippen LogP contribution in [-0.2, 0) is 14.9 Å². The number of nitrogens with one attached hydrogen (secondary N) is 1. The Kier molecular flexibility index (Phi) is 5.92. The summed E-state index contributed by atoms with van der Waals surface area (Å²) >= 11 is 0. The van der Waals surface area contributed by atoms with Crippen LogP contribution in [0.1, 0.15) is 62.3 Å². The molecule has 0 fully saturated rings. The summed E-state index contributed by atoms with van der Waals surface area (Å²) in [6.45, 7) is 11.8. The van der Waals surface area contributed by atoms with E-state index in [-0.39, 0.29) is 18.1 Å². The van der Waals surface area contributed by atoms with Crippen LogP contribution in [0.15, 0.2) is 36.5 Å². The number of ether oxygens (including phenoxy) is 1. The Bertz CT molecular complexity index is 1080. The van der Waals surface area contributed by atoms with Crippen molar-refractivity contribution < 1.29 is 14.3 Å². The second-order valence-corrected chi connectivity index (χ2v) is 8.68. The minimum absolute atomic E-state index is 0.0372. The lowest BCUT2D eigenvalue weighted by Crippen LogP contribution is -2.21. The van der Waals surface area contributed by atoms with Crippen LogP contribution >= 0.6 is 0 Å². The van der Waals surface area contributed by atoms with E-state index in [1.807, 2.05) is 45.0 Å². The van der Waals surface area contributed by atoms with Gasteiger partial charge >= 0.3 is 5.97 Å². The molecule has 158 valence electrons. The van der Waals surface area contributed by atoms with Crippen LogP contribution in [-0.4, -0.2) is 33.2 Å². The average Bonchev–Trinajstić information content (AvgIpc) is 3.09. The number of hydrogen-bond donors (Lipinski definition) is 1. The van der Waals surface area contributed by atoms with Crippen LogP contribution in [0.3, 0.4) is 0 Å². The summed E-state index contributed by atoms with van der Waals surface area (Å²) in [7, 11) is 0. The molecule has 0 saturated carbocycles. The summed E-state index contributed by atoms with van der Waals surface area (Å²) in [4.78, 5) is 29.4. The van der Waals surface area contributed by atoms with E-state index in [9.17, 15) is 9.59 Å². The molecule has 0 radical (unpaired) electrons. The molecule has 2 aromatic heterocycles. The number of pyridine rings is 1. The molecule has 1 aromatic carbocycles. The number of esters is 1. The maximum atomic E-state index is 12.6. The Morgan fingerprint density at radius 2 is 1.83 bits per heavy atom. The van der Waals surface area contributed by atoms with Gasteiger partial charge in [0.05, 0.1) is 17.1 Å². The molecule has 1 N–H and O–H groups in total. The van der Waals surface area contributed by atoms with E-state index in [4.69, 9.17) is 4.74 Å². The number of carbonyl (C=O) groups is 2. The monoisotopic (exact) mass is 408 g/mol. The van der Waals surface area contributed by atoms with Gasteiger partial charge in [-0.1, -0.05) is 32.9 Å². The second kappa shape index (κ2) is 8.26. The van der Waals surface area contributed by atoms with Gasteiger partial charge in [-0.05, 0) is 49.9 Å². The summed E-state index contributed by atoms with van der Waals surface area (Å²) in [6.07, 6.45) is 1.61. The lowest BCUT2D eigenvalue weighted by atomic mass is 9.87.